The average Bonchev–Trinajstić information content (AvgIpc) is 2.24. The van der Waals surface area contributed by atoms with Gasteiger partial charge in [-0.15, -0.1) is 12.4 Å². The van der Waals surface area contributed by atoms with Gasteiger partial charge in [-0.05, 0) is 20.3 Å². The minimum Gasteiger partial charge on any atom is -1.00 e. The van der Waals surface area contributed by atoms with Crippen molar-refractivity contribution in [2.24, 2.45) is 0 Å². The molecule has 0 aromatic carbocycles. The molecular formula is C15H31Cl2N3O. The summed E-state index contributed by atoms with van der Waals surface area (Å²) in [5, 5.41) is 6.15. The van der Waals surface area contributed by atoms with Crippen molar-refractivity contribution in [1.82, 2.24) is 10.6 Å². The Labute approximate surface area is 142 Å². The lowest BCUT2D eigenvalue weighted by Crippen LogP contribution is -3.00. The minimum atomic E-state index is -0.0103. The summed E-state index contributed by atoms with van der Waals surface area (Å²) in [5.74, 6) is -0.0103. The number of carbonyl (C=O) groups is 1. The van der Waals surface area contributed by atoms with E-state index in [1.165, 1.54) is 0 Å². The van der Waals surface area contributed by atoms with Crippen LogP contribution in [0.25, 0.3) is 0 Å². The SMILES string of the molecule is C=C(CC[N+](C)(C)C)NCCCNC(=O)C=C(C)C.Cl.[Cl-]. The maximum Gasteiger partial charge on any atom is 0.243 e. The summed E-state index contributed by atoms with van der Waals surface area (Å²) in [6.07, 6.45) is 3.51. The van der Waals surface area contributed by atoms with Crippen LogP contribution in [0.4, 0.5) is 0 Å². The van der Waals surface area contributed by atoms with Gasteiger partial charge in [0.1, 0.15) is 0 Å². The van der Waals surface area contributed by atoms with Crippen molar-refractivity contribution in [3.63, 3.8) is 0 Å². The standard InChI is InChI=1S/C15H29N3O.2ClH/c1-13(2)12-15(19)17-10-7-9-16-14(3)8-11-18(4,5)6;;/h12,16H,3,7-11H2,1-2,4-6H3;2*1H. The molecule has 0 aliphatic rings. The Morgan fingerprint density at radius 3 is 2.14 bits per heavy atom. The van der Waals surface area contributed by atoms with Crippen LogP contribution in [0.3, 0.4) is 0 Å². The highest BCUT2D eigenvalue weighted by Gasteiger charge is 2.06. The second-order valence-electron chi connectivity index (χ2n) is 6.16. The van der Waals surface area contributed by atoms with E-state index in [2.05, 4.69) is 38.4 Å². The smallest absolute Gasteiger partial charge is 0.243 e. The minimum absolute atomic E-state index is 0. The fraction of sp³-hybridized carbons (Fsp3) is 0.667. The molecule has 6 heteroatoms. The fourth-order valence-corrected chi connectivity index (χ4v) is 1.44. The molecule has 1 amide bonds. The van der Waals surface area contributed by atoms with E-state index in [9.17, 15) is 4.79 Å². The third-order valence-corrected chi connectivity index (χ3v) is 2.53. The number of quaternary nitrogens is 1. The molecule has 126 valence electrons. The van der Waals surface area contributed by atoms with Crippen molar-refractivity contribution in [2.75, 3.05) is 40.8 Å². The molecule has 0 aliphatic heterocycles. The van der Waals surface area contributed by atoms with E-state index in [0.29, 0.717) is 6.54 Å². The Morgan fingerprint density at radius 2 is 1.67 bits per heavy atom. The lowest BCUT2D eigenvalue weighted by atomic mass is 10.3. The molecule has 21 heavy (non-hydrogen) atoms. The van der Waals surface area contributed by atoms with Crippen molar-refractivity contribution in [3.05, 3.63) is 23.9 Å². The monoisotopic (exact) mass is 339 g/mol. The first-order valence-electron chi connectivity index (χ1n) is 6.85. The van der Waals surface area contributed by atoms with Crippen LogP contribution in [0.15, 0.2) is 23.9 Å². The maximum absolute atomic E-state index is 11.3. The number of allylic oxidation sites excluding steroid dienone is 1. The highest BCUT2D eigenvalue weighted by atomic mass is 35.5. The highest BCUT2D eigenvalue weighted by Crippen LogP contribution is 1.99. The first kappa shape index (κ1) is 25.3. The van der Waals surface area contributed by atoms with E-state index in [1.807, 2.05) is 13.8 Å². The molecule has 0 fully saturated rings. The van der Waals surface area contributed by atoms with Crippen LogP contribution >= 0.6 is 12.4 Å². The van der Waals surface area contributed by atoms with E-state index < -0.39 is 0 Å². The fourth-order valence-electron chi connectivity index (χ4n) is 1.44. The Morgan fingerprint density at radius 1 is 1.14 bits per heavy atom. The molecule has 0 radical (unpaired) electrons. The van der Waals surface area contributed by atoms with Gasteiger partial charge in [-0.2, -0.15) is 0 Å². The summed E-state index contributed by atoms with van der Waals surface area (Å²) in [7, 11) is 6.52. The van der Waals surface area contributed by atoms with E-state index >= 15 is 0 Å². The molecule has 0 saturated carbocycles. The van der Waals surface area contributed by atoms with Crippen LogP contribution in [0, 0.1) is 0 Å². The van der Waals surface area contributed by atoms with Crippen LogP contribution in [0.1, 0.15) is 26.7 Å². The molecule has 0 saturated heterocycles. The van der Waals surface area contributed by atoms with Crippen molar-refractivity contribution in [3.8, 4) is 0 Å². The second kappa shape index (κ2) is 13.0. The Bertz CT molecular complexity index is 332. The zero-order chi connectivity index (χ0) is 14.9. The molecule has 2 N–H and O–H groups in total. The van der Waals surface area contributed by atoms with Crippen molar-refractivity contribution >= 4 is 18.3 Å². The van der Waals surface area contributed by atoms with Gasteiger partial charge >= 0.3 is 0 Å². The van der Waals surface area contributed by atoms with Crippen molar-refractivity contribution in [1.29, 1.82) is 0 Å². The Kier molecular flexibility index (Phi) is 15.6. The van der Waals surface area contributed by atoms with Gasteiger partial charge in [0, 0.05) is 31.3 Å². The Hall–Kier alpha value is -0.710. The average molecular weight is 340 g/mol. The summed E-state index contributed by atoms with van der Waals surface area (Å²) in [6, 6.07) is 0. The van der Waals surface area contributed by atoms with Crippen LogP contribution in [0.5, 0.6) is 0 Å². The van der Waals surface area contributed by atoms with E-state index in [0.717, 1.165) is 41.7 Å². The first-order chi connectivity index (χ1) is 8.70. The van der Waals surface area contributed by atoms with E-state index in [-0.39, 0.29) is 30.7 Å². The molecule has 0 rings (SSSR count). The summed E-state index contributed by atoms with van der Waals surface area (Å²) in [6.45, 7) is 10.5. The van der Waals surface area contributed by atoms with Crippen LogP contribution in [-0.4, -0.2) is 51.2 Å². The molecule has 0 spiro atoms. The molecule has 0 aromatic rings. The number of hydrogen-bond donors (Lipinski definition) is 2. The molecule has 4 nitrogen and oxygen atoms in total. The predicted octanol–water partition coefficient (Wildman–Crippen LogP) is -0.916. The van der Waals surface area contributed by atoms with Crippen molar-refractivity contribution < 1.29 is 21.7 Å². The number of carbonyl (C=O) groups excluding carboxylic acids is 1. The van der Waals surface area contributed by atoms with Gasteiger partial charge in [0.05, 0.1) is 27.7 Å². The zero-order valence-electron chi connectivity index (χ0n) is 14.0. The van der Waals surface area contributed by atoms with Crippen molar-refractivity contribution in [2.45, 2.75) is 26.7 Å². The molecule has 0 aromatic heterocycles. The largest absolute Gasteiger partial charge is 1.00 e. The first-order valence-corrected chi connectivity index (χ1v) is 6.85. The van der Waals surface area contributed by atoms with E-state index in [1.54, 1.807) is 6.08 Å². The maximum atomic E-state index is 11.3. The van der Waals surface area contributed by atoms with E-state index in [4.69, 9.17) is 0 Å². The summed E-state index contributed by atoms with van der Waals surface area (Å²) in [5.41, 5.74) is 2.09. The van der Waals surface area contributed by atoms with Crippen LogP contribution in [-0.2, 0) is 4.79 Å². The predicted molar refractivity (Wildman–Crippen MR) is 89.0 cm³/mol. The molecule has 0 atom stereocenters. The van der Waals surface area contributed by atoms with Gasteiger partial charge < -0.3 is 27.5 Å². The quantitative estimate of drug-likeness (QED) is 0.324. The second-order valence-corrected chi connectivity index (χ2v) is 6.16. The summed E-state index contributed by atoms with van der Waals surface area (Å²) in [4.78, 5) is 11.3. The summed E-state index contributed by atoms with van der Waals surface area (Å²) >= 11 is 0. The topological polar surface area (TPSA) is 41.1 Å². The Balaban J connectivity index is -0.00000162. The summed E-state index contributed by atoms with van der Waals surface area (Å²) < 4.78 is 0.944. The molecule has 0 unspecified atom stereocenters. The van der Waals surface area contributed by atoms with Gasteiger partial charge in [-0.3, -0.25) is 4.79 Å². The number of hydrogen-bond acceptors (Lipinski definition) is 2. The van der Waals surface area contributed by atoms with Gasteiger partial charge in [-0.1, -0.05) is 12.2 Å². The van der Waals surface area contributed by atoms with Crippen LogP contribution in [0.2, 0.25) is 0 Å². The third-order valence-electron chi connectivity index (χ3n) is 2.53. The number of amides is 1. The van der Waals surface area contributed by atoms with Crippen LogP contribution < -0.4 is 23.0 Å². The lowest BCUT2D eigenvalue weighted by Gasteiger charge is -2.24. The normalized spacial score (nSPS) is 9.76. The van der Waals surface area contributed by atoms with Gasteiger partial charge in [-0.25, -0.2) is 0 Å². The van der Waals surface area contributed by atoms with Gasteiger partial charge in [0.2, 0.25) is 5.91 Å². The lowest BCUT2D eigenvalue weighted by molar-refractivity contribution is -0.870. The number of nitrogens with zero attached hydrogens (tertiary/aromatic N) is 1. The molecule has 0 bridgehead atoms. The van der Waals surface area contributed by atoms with Gasteiger partial charge in [0.25, 0.3) is 0 Å². The van der Waals surface area contributed by atoms with Gasteiger partial charge in [0.15, 0.2) is 0 Å². The molecule has 0 heterocycles. The molecular weight excluding hydrogens is 309 g/mol. The number of halogens is 2. The molecule has 0 aliphatic carbocycles. The number of nitrogens with one attached hydrogen (secondary N) is 2. The third kappa shape index (κ3) is 19.3. The number of rotatable bonds is 9. The zero-order valence-corrected chi connectivity index (χ0v) is 15.5. The highest BCUT2D eigenvalue weighted by molar-refractivity contribution is 5.87.